The molecule has 0 saturated heterocycles. The standard InChI is InChI=1S/C34H34ClFN4O4S/c1-40(26-8-9-26)30(14-15-45(2,41)42)33-13-12-31(44-33)24-7-10-29-27(18-24)34(39-21-38-29)37-19-22-6-11-32(28(35)17-22)43-20-23-4-3-5-25(36)16-23/h3-7,10-13,16-18,21,26,30H,8-9,14-15,19-20H2,1-2H3,(H,37,38,39). The third-order valence-corrected chi connectivity index (χ3v) is 9.26. The number of benzene rings is 3. The van der Waals surface area contributed by atoms with Crippen LogP contribution in [0.5, 0.6) is 5.75 Å². The number of ether oxygens (including phenoxy) is 1. The SMILES string of the molecule is CN(C1CC1)C(CCS(C)(=O)=O)c1ccc(-c2ccc3ncnc(NCc4ccc(OCc5cccc(F)c5)c(Cl)c4)c3c2)o1. The topological polar surface area (TPSA) is 97.6 Å². The quantitative estimate of drug-likeness (QED) is 0.141. The zero-order valence-corrected chi connectivity index (χ0v) is 26.6. The van der Waals surface area contributed by atoms with Crippen LogP contribution in [0.2, 0.25) is 5.02 Å². The molecule has 5 aromatic rings. The van der Waals surface area contributed by atoms with E-state index in [0.29, 0.717) is 41.4 Å². The average molecular weight is 649 g/mol. The molecule has 1 unspecified atom stereocenters. The predicted octanol–water partition coefficient (Wildman–Crippen LogP) is 7.44. The van der Waals surface area contributed by atoms with E-state index in [0.717, 1.165) is 46.2 Å². The number of halogens is 2. The lowest BCUT2D eigenvalue weighted by Crippen LogP contribution is -2.28. The number of fused-ring (bicyclic) bond motifs is 1. The molecule has 1 fully saturated rings. The van der Waals surface area contributed by atoms with Crippen molar-refractivity contribution in [3.05, 3.63) is 107 Å². The van der Waals surface area contributed by atoms with Crippen molar-refractivity contribution in [1.29, 1.82) is 0 Å². The predicted molar refractivity (Wildman–Crippen MR) is 175 cm³/mol. The molecule has 1 N–H and O–H groups in total. The molecular weight excluding hydrogens is 615 g/mol. The van der Waals surface area contributed by atoms with Crippen LogP contribution in [0, 0.1) is 5.82 Å². The second kappa shape index (κ2) is 13.2. The highest BCUT2D eigenvalue weighted by Crippen LogP contribution is 2.37. The summed E-state index contributed by atoms with van der Waals surface area (Å²) in [5.41, 5.74) is 3.29. The summed E-state index contributed by atoms with van der Waals surface area (Å²) in [6.45, 7) is 0.667. The highest BCUT2D eigenvalue weighted by molar-refractivity contribution is 7.90. The third kappa shape index (κ3) is 7.81. The van der Waals surface area contributed by atoms with Gasteiger partial charge in [-0.25, -0.2) is 22.8 Å². The van der Waals surface area contributed by atoms with Gasteiger partial charge >= 0.3 is 0 Å². The van der Waals surface area contributed by atoms with E-state index in [4.69, 9.17) is 20.8 Å². The molecule has 8 nitrogen and oxygen atoms in total. The van der Waals surface area contributed by atoms with E-state index in [1.54, 1.807) is 18.2 Å². The maximum Gasteiger partial charge on any atom is 0.147 e. The number of hydrogen-bond acceptors (Lipinski definition) is 8. The Balaban J connectivity index is 1.17. The molecule has 3 aromatic carbocycles. The van der Waals surface area contributed by atoms with Gasteiger partial charge < -0.3 is 14.5 Å². The summed E-state index contributed by atoms with van der Waals surface area (Å²) in [6.07, 6.45) is 5.49. The van der Waals surface area contributed by atoms with Crippen molar-refractivity contribution >= 4 is 38.2 Å². The molecule has 1 aliphatic rings. The van der Waals surface area contributed by atoms with Crippen molar-refractivity contribution in [1.82, 2.24) is 14.9 Å². The van der Waals surface area contributed by atoms with E-state index in [1.807, 2.05) is 49.5 Å². The lowest BCUT2D eigenvalue weighted by atomic mass is 10.1. The van der Waals surface area contributed by atoms with Gasteiger partial charge in [-0.05, 0) is 92.0 Å². The fourth-order valence-electron chi connectivity index (χ4n) is 5.39. The number of furan rings is 1. The number of anilines is 1. The van der Waals surface area contributed by atoms with Crippen LogP contribution in [0.3, 0.4) is 0 Å². The van der Waals surface area contributed by atoms with Crippen LogP contribution in [-0.4, -0.2) is 48.4 Å². The first-order valence-corrected chi connectivity index (χ1v) is 17.2. The number of nitrogens with zero attached hydrogens (tertiary/aromatic N) is 3. The lowest BCUT2D eigenvalue weighted by molar-refractivity contribution is 0.202. The summed E-state index contributed by atoms with van der Waals surface area (Å²) in [5.74, 6) is 2.41. The Labute approximate surface area is 267 Å². The van der Waals surface area contributed by atoms with E-state index in [1.165, 1.54) is 24.7 Å². The smallest absolute Gasteiger partial charge is 0.147 e. The molecule has 1 aliphatic carbocycles. The molecule has 2 heterocycles. The Hall–Kier alpha value is -3.99. The Morgan fingerprint density at radius 1 is 1.07 bits per heavy atom. The van der Waals surface area contributed by atoms with Crippen LogP contribution in [0.1, 0.15) is 42.2 Å². The van der Waals surface area contributed by atoms with Crippen molar-refractivity contribution in [2.75, 3.05) is 24.4 Å². The van der Waals surface area contributed by atoms with Gasteiger partial charge in [0.2, 0.25) is 0 Å². The highest BCUT2D eigenvalue weighted by Gasteiger charge is 2.33. The normalized spacial score (nSPS) is 14.2. The number of aromatic nitrogens is 2. The average Bonchev–Trinajstić information content (AvgIpc) is 3.76. The van der Waals surface area contributed by atoms with Gasteiger partial charge in [0, 0.05) is 29.8 Å². The number of sulfone groups is 1. The van der Waals surface area contributed by atoms with Gasteiger partial charge in [-0.15, -0.1) is 0 Å². The van der Waals surface area contributed by atoms with Crippen LogP contribution >= 0.6 is 11.6 Å². The fraction of sp³-hybridized carbons (Fsp3) is 0.294. The van der Waals surface area contributed by atoms with E-state index >= 15 is 0 Å². The molecule has 2 aromatic heterocycles. The van der Waals surface area contributed by atoms with Gasteiger partial charge in [-0.1, -0.05) is 29.8 Å². The summed E-state index contributed by atoms with van der Waals surface area (Å²) >= 11 is 6.50. The van der Waals surface area contributed by atoms with Crippen LogP contribution < -0.4 is 10.1 Å². The summed E-state index contributed by atoms with van der Waals surface area (Å²) in [6, 6.07) is 21.9. The van der Waals surface area contributed by atoms with Gasteiger partial charge in [0.1, 0.15) is 51.7 Å². The molecule has 45 heavy (non-hydrogen) atoms. The van der Waals surface area contributed by atoms with Crippen LogP contribution in [0.4, 0.5) is 10.2 Å². The molecule has 0 spiro atoms. The van der Waals surface area contributed by atoms with Crippen molar-refractivity contribution in [3.63, 3.8) is 0 Å². The van der Waals surface area contributed by atoms with Crippen molar-refractivity contribution in [2.24, 2.45) is 0 Å². The lowest BCUT2D eigenvalue weighted by Gasteiger charge is -2.26. The van der Waals surface area contributed by atoms with E-state index in [-0.39, 0.29) is 24.2 Å². The van der Waals surface area contributed by atoms with Gasteiger partial charge in [0.25, 0.3) is 0 Å². The van der Waals surface area contributed by atoms with Gasteiger partial charge in [0.05, 0.1) is 22.3 Å². The Morgan fingerprint density at radius 2 is 1.91 bits per heavy atom. The second-order valence-corrected chi connectivity index (χ2v) is 14.2. The molecule has 0 aliphatic heterocycles. The Morgan fingerprint density at radius 3 is 2.67 bits per heavy atom. The number of hydrogen-bond donors (Lipinski definition) is 1. The van der Waals surface area contributed by atoms with E-state index in [9.17, 15) is 12.8 Å². The number of nitrogens with one attached hydrogen (secondary N) is 1. The van der Waals surface area contributed by atoms with Gasteiger partial charge in [-0.3, -0.25) is 4.90 Å². The molecule has 0 radical (unpaired) electrons. The molecule has 0 bridgehead atoms. The summed E-state index contributed by atoms with van der Waals surface area (Å²) in [5, 5.41) is 4.68. The van der Waals surface area contributed by atoms with Crippen molar-refractivity contribution in [2.45, 2.75) is 44.5 Å². The van der Waals surface area contributed by atoms with E-state index < -0.39 is 9.84 Å². The monoisotopic (exact) mass is 648 g/mol. The summed E-state index contributed by atoms with van der Waals surface area (Å²) in [7, 11) is -1.06. The third-order valence-electron chi connectivity index (χ3n) is 7.99. The van der Waals surface area contributed by atoms with Gasteiger partial charge in [0.15, 0.2) is 0 Å². The maximum absolute atomic E-state index is 13.5. The van der Waals surface area contributed by atoms with Crippen LogP contribution in [-0.2, 0) is 23.0 Å². The van der Waals surface area contributed by atoms with Crippen molar-refractivity contribution < 1.29 is 22.0 Å². The zero-order valence-electron chi connectivity index (χ0n) is 25.0. The van der Waals surface area contributed by atoms with Gasteiger partial charge in [-0.2, -0.15) is 0 Å². The van der Waals surface area contributed by atoms with E-state index in [2.05, 4.69) is 20.2 Å². The molecule has 11 heteroatoms. The summed E-state index contributed by atoms with van der Waals surface area (Å²) < 4.78 is 49.5. The Bertz CT molecular complexity index is 1930. The first kappa shape index (κ1) is 31.0. The molecule has 1 saturated carbocycles. The Kier molecular flexibility index (Phi) is 9.07. The van der Waals surface area contributed by atoms with Crippen LogP contribution in [0.25, 0.3) is 22.2 Å². The second-order valence-electron chi connectivity index (χ2n) is 11.5. The fourth-order valence-corrected chi connectivity index (χ4v) is 6.30. The maximum atomic E-state index is 13.5. The van der Waals surface area contributed by atoms with Crippen LogP contribution in [0.15, 0.2) is 83.5 Å². The summed E-state index contributed by atoms with van der Waals surface area (Å²) in [4.78, 5) is 11.2. The highest BCUT2D eigenvalue weighted by atomic mass is 35.5. The van der Waals surface area contributed by atoms with Crippen molar-refractivity contribution in [3.8, 4) is 17.1 Å². The number of rotatable bonds is 13. The first-order valence-electron chi connectivity index (χ1n) is 14.8. The first-order chi connectivity index (χ1) is 21.6. The minimum absolute atomic E-state index is 0.100. The molecule has 6 rings (SSSR count). The molecular formula is C34H34ClFN4O4S. The minimum Gasteiger partial charge on any atom is -0.487 e. The minimum atomic E-state index is -3.10. The molecule has 234 valence electrons. The molecule has 1 atom stereocenters. The largest absolute Gasteiger partial charge is 0.487 e. The molecule has 0 amide bonds. The zero-order chi connectivity index (χ0) is 31.6.